The number of carboxylic acid groups (broad SMARTS) is 1. The molecule has 0 unspecified atom stereocenters. The van der Waals surface area contributed by atoms with Crippen LogP contribution in [0.1, 0.15) is 23.4 Å². The van der Waals surface area contributed by atoms with Crippen LogP contribution >= 0.6 is 0 Å². The van der Waals surface area contributed by atoms with Gasteiger partial charge in [-0.05, 0) is 41.5 Å². The molecule has 0 radical (unpaired) electrons. The van der Waals surface area contributed by atoms with Crippen LogP contribution in [0.5, 0.6) is 11.5 Å². The van der Waals surface area contributed by atoms with E-state index < -0.39 is 5.97 Å². The number of aliphatic carboxylic acids is 1. The zero-order valence-electron chi connectivity index (χ0n) is 16.9. The fourth-order valence-electron chi connectivity index (χ4n) is 3.19. The Labute approximate surface area is 179 Å². The Hall–Kier alpha value is -4.06. The largest absolute Gasteiger partial charge is 0.493 e. The van der Waals surface area contributed by atoms with Crippen molar-refractivity contribution in [2.75, 3.05) is 7.11 Å². The number of fused-ring (bicyclic) bond motifs is 1. The monoisotopic (exact) mass is 415 g/mol. The van der Waals surface area contributed by atoms with E-state index in [1.807, 2.05) is 60.7 Å². The van der Waals surface area contributed by atoms with Crippen LogP contribution in [0, 0.1) is 0 Å². The van der Waals surface area contributed by atoms with Crippen LogP contribution < -0.4 is 9.47 Å². The molecule has 0 aliphatic carbocycles. The first-order valence-electron chi connectivity index (χ1n) is 9.75. The van der Waals surface area contributed by atoms with E-state index in [2.05, 4.69) is 4.98 Å². The number of benzene rings is 3. The highest BCUT2D eigenvalue weighted by molar-refractivity contribution is 5.91. The molecule has 1 aromatic heterocycles. The highest BCUT2D eigenvalue weighted by Gasteiger charge is 2.15. The van der Waals surface area contributed by atoms with Crippen LogP contribution in [0.25, 0.3) is 22.7 Å². The zero-order chi connectivity index (χ0) is 21.6. The molecule has 0 bridgehead atoms. The molecule has 0 saturated heterocycles. The van der Waals surface area contributed by atoms with Crippen molar-refractivity contribution in [2.45, 2.75) is 13.0 Å². The molecule has 0 atom stereocenters. The normalized spacial score (nSPS) is 11.5. The van der Waals surface area contributed by atoms with Crippen molar-refractivity contribution in [3.8, 4) is 11.5 Å². The molecule has 156 valence electrons. The Balaban J connectivity index is 1.67. The summed E-state index contributed by atoms with van der Waals surface area (Å²) in [6.45, 7) is 0.386. The van der Waals surface area contributed by atoms with Gasteiger partial charge in [0.2, 0.25) is 5.89 Å². The Morgan fingerprint density at radius 2 is 1.81 bits per heavy atom. The Morgan fingerprint density at radius 1 is 1.03 bits per heavy atom. The number of hydrogen-bond acceptors (Lipinski definition) is 5. The molecule has 4 aromatic rings. The molecule has 1 N–H and O–H groups in total. The Bertz CT molecular complexity index is 1190. The summed E-state index contributed by atoms with van der Waals surface area (Å²) >= 11 is 0. The predicted molar refractivity (Wildman–Crippen MR) is 118 cm³/mol. The van der Waals surface area contributed by atoms with E-state index in [-0.39, 0.29) is 12.3 Å². The average molecular weight is 415 g/mol. The minimum absolute atomic E-state index is 0.223. The highest BCUT2D eigenvalue weighted by atomic mass is 16.5. The van der Waals surface area contributed by atoms with Crippen molar-refractivity contribution in [1.29, 1.82) is 0 Å². The quantitative estimate of drug-likeness (QED) is 0.413. The summed E-state index contributed by atoms with van der Waals surface area (Å²) in [6, 6.07) is 22.6. The van der Waals surface area contributed by atoms with E-state index in [0.717, 1.165) is 11.1 Å². The molecular weight excluding hydrogens is 394 g/mol. The maximum atomic E-state index is 11.5. The lowest BCUT2D eigenvalue weighted by atomic mass is 10.1. The molecular formula is C25H21NO5. The van der Waals surface area contributed by atoms with Crippen LogP contribution in [-0.2, 0) is 11.4 Å². The van der Waals surface area contributed by atoms with Crippen molar-refractivity contribution in [3.05, 3.63) is 89.8 Å². The van der Waals surface area contributed by atoms with Crippen LogP contribution in [0.15, 0.2) is 77.2 Å². The minimum atomic E-state index is -0.970. The first-order chi connectivity index (χ1) is 15.1. The van der Waals surface area contributed by atoms with Gasteiger partial charge in [0.05, 0.1) is 13.5 Å². The standard InChI is InChI=1S/C25H21NO5/c1-29-22-12-11-18(14-23(22)30-16-17-7-3-2-4-8-17)13-19(15-24(27)28)25-26-20-9-5-6-10-21(20)31-25/h2-14H,15-16H2,1H3,(H,27,28)/b19-13-. The summed E-state index contributed by atoms with van der Waals surface area (Å²) in [7, 11) is 1.58. The number of hydrogen-bond donors (Lipinski definition) is 1. The molecule has 0 aliphatic heterocycles. The number of methoxy groups -OCH3 is 1. The lowest BCUT2D eigenvalue weighted by Crippen LogP contribution is -1.99. The highest BCUT2D eigenvalue weighted by Crippen LogP contribution is 2.32. The van der Waals surface area contributed by atoms with Gasteiger partial charge in [-0.2, -0.15) is 0 Å². The second-order valence-electron chi connectivity index (χ2n) is 6.91. The third-order valence-corrected chi connectivity index (χ3v) is 4.68. The van der Waals surface area contributed by atoms with Gasteiger partial charge in [-0.1, -0.05) is 48.5 Å². The number of aromatic nitrogens is 1. The van der Waals surface area contributed by atoms with Crippen LogP contribution in [0.2, 0.25) is 0 Å². The molecule has 0 aliphatic rings. The summed E-state index contributed by atoms with van der Waals surface area (Å²) in [5.41, 5.74) is 3.53. The number of oxazole rings is 1. The molecule has 0 spiro atoms. The van der Waals surface area contributed by atoms with Gasteiger partial charge in [0.1, 0.15) is 12.1 Å². The van der Waals surface area contributed by atoms with Gasteiger partial charge in [0.15, 0.2) is 17.1 Å². The summed E-state index contributed by atoms with van der Waals surface area (Å²) < 4.78 is 17.2. The van der Waals surface area contributed by atoms with E-state index in [0.29, 0.717) is 34.8 Å². The molecule has 31 heavy (non-hydrogen) atoms. The van der Waals surface area contributed by atoms with Crippen molar-refractivity contribution < 1.29 is 23.8 Å². The van der Waals surface area contributed by atoms with Gasteiger partial charge in [0, 0.05) is 5.57 Å². The number of ether oxygens (including phenoxy) is 2. The number of carboxylic acids is 1. The molecule has 0 fully saturated rings. The summed E-state index contributed by atoms with van der Waals surface area (Å²) in [5, 5.41) is 9.39. The van der Waals surface area contributed by atoms with E-state index in [4.69, 9.17) is 13.9 Å². The molecule has 3 aromatic carbocycles. The minimum Gasteiger partial charge on any atom is -0.493 e. The lowest BCUT2D eigenvalue weighted by Gasteiger charge is -2.12. The average Bonchev–Trinajstić information content (AvgIpc) is 3.22. The molecule has 6 heteroatoms. The first-order valence-corrected chi connectivity index (χ1v) is 9.75. The maximum Gasteiger partial charge on any atom is 0.308 e. The second-order valence-corrected chi connectivity index (χ2v) is 6.91. The number of carbonyl (C=O) groups is 1. The molecule has 4 rings (SSSR count). The van der Waals surface area contributed by atoms with E-state index >= 15 is 0 Å². The Kier molecular flexibility index (Phi) is 5.98. The van der Waals surface area contributed by atoms with E-state index in [9.17, 15) is 9.90 Å². The lowest BCUT2D eigenvalue weighted by molar-refractivity contribution is -0.135. The number of rotatable bonds is 8. The van der Waals surface area contributed by atoms with Crippen LogP contribution in [-0.4, -0.2) is 23.2 Å². The van der Waals surface area contributed by atoms with E-state index in [1.165, 1.54) is 0 Å². The smallest absolute Gasteiger partial charge is 0.308 e. The van der Waals surface area contributed by atoms with E-state index in [1.54, 1.807) is 25.3 Å². The maximum absolute atomic E-state index is 11.5. The van der Waals surface area contributed by atoms with Crippen LogP contribution in [0.3, 0.4) is 0 Å². The zero-order valence-corrected chi connectivity index (χ0v) is 16.9. The third kappa shape index (κ3) is 4.93. The van der Waals surface area contributed by atoms with Crippen molar-refractivity contribution in [3.63, 3.8) is 0 Å². The number of para-hydroxylation sites is 2. The van der Waals surface area contributed by atoms with Gasteiger partial charge < -0.3 is 19.0 Å². The summed E-state index contributed by atoms with van der Waals surface area (Å²) in [4.78, 5) is 15.9. The second kappa shape index (κ2) is 9.17. The predicted octanol–water partition coefficient (Wildman–Crippen LogP) is 5.43. The fourth-order valence-corrected chi connectivity index (χ4v) is 3.19. The van der Waals surface area contributed by atoms with Gasteiger partial charge in [0.25, 0.3) is 0 Å². The van der Waals surface area contributed by atoms with Crippen molar-refractivity contribution >= 4 is 28.7 Å². The first kappa shape index (κ1) is 20.2. The van der Waals surface area contributed by atoms with Gasteiger partial charge in [-0.3, -0.25) is 4.79 Å². The van der Waals surface area contributed by atoms with Gasteiger partial charge in [-0.25, -0.2) is 4.98 Å². The number of nitrogens with zero attached hydrogens (tertiary/aromatic N) is 1. The van der Waals surface area contributed by atoms with Gasteiger partial charge >= 0.3 is 5.97 Å². The SMILES string of the molecule is COc1ccc(/C=C(/CC(=O)O)c2nc3ccccc3o2)cc1OCc1ccccc1. The summed E-state index contributed by atoms with van der Waals surface area (Å²) in [5.74, 6) is 0.468. The molecule has 6 nitrogen and oxygen atoms in total. The van der Waals surface area contributed by atoms with Crippen LogP contribution in [0.4, 0.5) is 0 Å². The van der Waals surface area contributed by atoms with Gasteiger partial charge in [-0.15, -0.1) is 0 Å². The molecule has 0 saturated carbocycles. The third-order valence-electron chi connectivity index (χ3n) is 4.68. The Morgan fingerprint density at radius 3 is 2.55 bits per heavy atom. The fraction of sp³-hybridized carbons (Fsp3) is 0.120. The van der Waals surface area contributed by atoms with Crippen molar-refractivity contribution in [1.82, 2.24) is 4.98 Å². The molecule has 0 amide bonds. The topological polar surface area (TPSA) is 81.8 Å². The summed E-state index contributed by atoms with van der Waals surface area (Å²) in [6.07, 6.45) is 1.52. The molecule has 1 heterocycles. The van der Waals surface area contributed by atoms with Crippen molar-refractivity contribution in [2.24, 2.45) is 0 Å².